The first-order valence-corrected chi connectivity index (χ1v) is 10.4. The second-order valence-corrected chi connectivity index (χ2v) is 8.57. The highest BCUT2D eigenvalue weighted by molar-refractivity contribution is 5.95. The van der Waals surface area contributed by atoms with Gasteiger partial charge in [-0.05, 0) is 38.5 Å². The standard InChI is InChI=1S/C20H34N4O5/c1-11(2)13(18(22)27)10-16(26)14-6-4-8-23(14)19(28)15-7-5-9-24(15)20(29)17(21)12(3)25/h11-15,17,25H,4-10,21H2,1-3H3,(H2,22,27)/t12-,13+,14?,15?,17+/m1/s1. The summed E-state index contributed by atoms with van der Waals surface area (Å²) in [5.41, 5.74) is 11.2. The Morgan fingerprint density at radius 2 is 1.55 bits per heavy atom. The molecule has 0 aliphatic carbocycles. The maximum absolute atomic E-state index is 13.2. The van der Waals surface area contributed by atoms with Crippen LogP contribution in [0.3, 0.4) is 0 Å². The molecule has 0 bridgehead atoms. The van der Waals surface area contributed by atoms with E-state index in [-0.39, 0.29) is 24.0 Å². The van der Waals surface area contributed by atoms with E-state index >= 15 is 0 Å². The summed E-state index contributed by atoms with van der Waals surface area (Å²) in [6.07, 6.45) is 1.41. The highest BCUT2D eigenvalue weighted by atomic mass is 16.3. The predicted molar refractivity (Wildman–Crippen MR) is 106 cm³/mol. The molecule has 0 aromatic carbocycles. The van der Waals surface area contributed by atoms with Crippen LogP contribution < -0.4 is 11.5 Å². The van der Waals surface area contributed by atoms with Crippen molar-refractivity contribution in [2.75, 3.05) is 13.1 Å². The number of primary amides is 1. The lowest BCUT2D eigenvalue weighted by Gasteiger charge is -2.33. The summed E-state index contributed by atoms with van der Waals surface area (Å²) in [5.74, 6) is -2.01. The number of hydrogen-bond donors (Lipinski definition) is 3. The van der Waals surface area contributed by atoms with Crippen LogP contribution in [-0.2, 0) is 19.2 Å². The summed E-state index contributed by atoms with van der Waals surface area (Å²) in [5, 5.41) is 9.63. The summed E-state index contributed by atoms with van der Waals surface area (Å²) in [7, 11) is 0. The van der Waals surface area contributed by atoms with Crippen LogP contribution in [0.25, 0.3) is 0 Å². The number of amides is 3. The molecular formula is C20H34N4O5. The molecule has 5 atom stereocenters. The molecule has 9 nitrogen and oxygen atoms in total. The number of aliphatic hydroxyl groups excluding tert-OH is 1. The summed E-state index contributed by atoms with van der Waals surface area (Å²) in [4.78, 5) is 53.3. The molecule has 0 spiro atoms. The molecule has 29 heavy (non-hydrogen) atoms. The third kappa shape index (κ3) is 5.14. The molecule has 0 aromatic heterocycles. The maximum atomic E-state index is 13.2. The lowest BCUT2D eigenvalue weighted by atomic mass is 9.88. The van der Waals surface area contributed by atoms with Crippen molar-refractivity contribution in [2.45, 2.75) is 77.1 Å². The van der Waals surface area contributed by atoms with Crippen LogP contribution in [-0.4, -0.2) is 75.7 Å². The van der Waals surface area contributed by atoms with Crippen LogP contribution >= 0.6 is 0 Å². The van der Waals surface area contributed by atoms with E-state index in [1.165, 1.54) is 11.8 Å². The van der Waals surface area contributed by atoms with E-state index in [0.717, 1.165) is 0 Å². The van der Waals surface area contributed by atoms with Gasteiger partial charge in [0.2, 0.25) is 17.7 Å². The number of nitrogens with zero attached hydrogens (tertiary/aromatic N) is 2. The number of aliphatic hydroxyl groups is 1. The molecule has 0 radical (unpaired) electrons. The van der Waals surface area contributed by atoms with Gasteiger partial charge in [-0.3, -0.25) is 19.2 Å². The quantitative estimate of drug-likeness (QED) is 0.486. The molecule has 0 aromatic rings. The monoisotopic (exact) mass is 410 g/mol. The minimum absolute atomic E-state index is 0.0155. The van der Waals surface area contributed by atoms with Gasteiger partial charge in [-0.2, -0.15) is 0 Å². The number of Topliss-reactive ketones (excluding diaryl/α,β-unsaturated/α-hetero) is 1. The Bertz CT molecular complexity index is 651. The number of likely N-dealkylation sites (tertiary alicyclic amines) is 2. The van der Waals surface area contributed by atoms with Crippen LogP contribution in [0.2, 0.25) is 0 Å². The van der Waals surface area contributed by atoms with Crippen molar-refractivity contribution in [1.82, 2.24) is 9.80 Å². The fraction of sp³-hybridized carbons (Fsp3) is 0.800. The molecule has 2 rings (SSSR count). The van der Waals surface area contributed by atoms with E-state index in [1.807, 2.05) is 13.8 Å². The molecule has 2 heterocycles. The zero-order chi connectivity index (χ0) is 21.9. The first-order chi connectivity index (χ1) is 13.6. The fourth-order valence-electron chi connectivity index (χ4n) is 4.26. The van der Waals surface area contributed by atoms with Gasteiger partial charge in [-0.1, -0.05) is 13.8 Å². The summed E-state index contributed by atoms with van der Waals surface area (Å²) >= 11 is 0. The van der Waals surface area contributed by atoms with E-state index in [0.29, 0.717) is 38.8 Å². The second-order valence-electron chi connectivity index (χ2n) is 8.57. The molecule has 3 amide bonds. The molecule has 2 unspecified atom stereocenters. The Morgan fingerprint density at radius 3 is 2.07 bits per heavy atom. The zero-order valence-corrected chi connectivity index (χ0v) is 17.5. The smallest absolute Gasteiger partial charge is 0.245 e. The van der Waals surface area contributed by atoms with Gasteiger partial charge in [0, 0.05) is 25.4 Å². The van der Waals surface area contributed by atoms with Gasteiger partial charge in [-0.15, -0.1) is 0 Å². The fourth-order valence-corrected chi connectivity index (χ4v) is 4.26. The van der Waals surface area contributed by atoms with E-state index in [9.17, 15) is 24.3 Å². The summed E-state index contributed by atoms with van der Waals surface area (Å²) in [6.45, 7) is 5.97. The first kappa shape index (κ1) is 23.3. The van der Waals surface area contributed by atoms with Gasteiger partial charge < -0.3 is 26.4 Å². The van der Waals surface area contributed by atoms with Crippen LogP contribution in [0.4, 0.5) is 0 Å². The van der Waals surface area contributed by atoms with E-state index in [4.69, 9.17) is 11.5 Å². The SMILES string of the molecule is CC(C)[C@H](CC(=O)C1CCCN1C(=O)C1CCCN1C(=O)[C@@H](N)[C@@H](C)O)C(N)=O. The number of nitrogens with two attached hydrogens (primary N) is 2. The number of carbonyl (C=O) groups excluding carboxylic acids is 4. The Kier molecular flexibility index (Phi) is 7.76. The van der Waals surface area contributed by atoms with E-state index in [1.54, 1.807) is 4.90 Å². The van der Waals surface area contributed by atoms with Crippen molar-refractivity contribution >= 4 is 23.5 Å². The molecule has 2 saturated heterocycles. The Labute approximate surface area is 171 Å². The zero-order valence-electron chi connectivity index (χ0n) is 17.5. The maximum Gasteiger partial charge on any atom is 0.245 e. The summed E-state index contributed by atoms with van der Waals surface area (Å²) < 4.78 is 0. The van der Waals surface area contributed by atoms with Crippen molar-refractivity contribution in [3.05, 3.63) is 0 Å². The van der Waals surface area contributed by atoms with Crippen LogP contribution in [0.5, 0.6) is 0 Å². The molecular weight excluding hydrogens is 376 g/mol. The average Bonchev–Trinajstić information content (AvgIpc) is 3.32. The Morgan fingerprint density at radius 1 is 1.00 bits per heavy atom. The average molecular weight is 411 g/mol. The molecule has 0 saturated carbocycles. The van der Waals surface area contributed by atoms with Crippen molar-refractivity contribution in [1.29, 1.82) is 0 Å². The van der Waals surface area contributed by atoms with Crippen LogP contribution in [0.15, 0.2) is 0 Å². The minimum Gasteiger partial charge on any atom is -0.391 e. The van der Waals surface area contributed by atoms with Crippen molar-refractivity contribution < 1.29 is 24.3 Å². The third-order valence-corrected chi connectivity index (χ3v) is 6.12. The largest absolute Gasteiger partial charge is 0.391 e. The van der Waals surface area contributed by atoms with Crippen molar-refractivity contribution in [2.24, 2.45) is 23.3 Å². The lowest BCUT2D eigenvalue weighted by molar-refractivity contribution is -0.148. The molecule has 9 heteroatoms. The van der Waals surface area contributed by atoms with Gasteiger partial charge in [0.15, 0.2) is 5.78 Å². The van der Waals surface area contributed by atoms with Crippen LogP contribution in [0.1, 0.15) is 52.9 Å². The van der Waals surface area contributed by atoms with Gasteiger partial charge in [0.05, 0.1) is 12.1 Å². The van der Waals surface area contributed by atoms with Crippen LogP contribution in [0, 0.1) is 11.8 Å². The highest BCUT2D eigenvalue weighted by Crippen LogP contribution is 2.28. The normalized spacial score (nSPS) is 25.2. The van der Waals surface area contributed by atoms with Gasteiger partial charge in [0.25, 0.3) is 0 Å². The first-order valence-electron chi connectivity index (χ1n) is 10.4. The van der Waals surface area contributed by atoms with E-state index < -0.39 is 42.0 Å². The number of rotatable bonds is 8. The number of ketones is 1. The minimum atomic E-state index is -1.08. The molecule has 2 aliphatic rings. The molecule has 2 fully saturated rings. The molecule has 5 N–H and O–H groups in total. The number of carbonyl (C=O) groups is 4. The Hall–Kier alpha value is -2.00. The molecule has 164 valence electrons. The Balaban J connectivity index is 2.11. The van der Waals surface area contributed by atoms with Crippen molar-refractivity contribution in [3.8, 4) is 0 Å². The van der Waals surface area contributed by atoms with Gasteiger partial charge >= 0.3 is 0 Å². The second kappa shape index (κ2) is 9.67. The van der Waals surface area contributed by atoms with E-state index in [2.05, 4.69) is 0 Å². The van der Waals surface area contributed by atoms with Crippen molar-refractivity contribution in [3.63, 3.8) is 0 Å². The third-order valence-electron chi connectivity index (χ3n) is 6.12. The topological polar surface area (TPSA) is 147 Å². The highest BCUT2D eigenvalue weighted by Gasteiger charge is 2.43. The summed E-state index contributed by atoms with van der Waals surface area (Å²) in [6, 6.07) is -2.34. The van der Waals surface area contributed by atoms with Gasteiger partial charge in [-0.25, -0.2) is 0 Å². The number of hydrogen-bond acceptors (Lipinski definition) is 6. The predicted octanol–water partition coefficient (Wildman–Crippen LogP) is -0.607. The molecule has 2 aliphatic heterocycles. The van der Waals surface area contributed by atoms with Gasteiger partial charge in [0.1, 0.15) is 12.1 Å². The lowest BCUT2D eigenvalue weighted by Crippen LogP contribution is -2.56.